The van der Waals surface area contributed by atoms with E-state index in [0.717, 1.165) is 44.5 Å². The molecule has 8 heteroatoms. The van der Waals surface area contributed by atoms with Crippen LogP contribution in [0.15, 0.2) is 83.0 Å². The minimum atomic E-state index is -0.669. The number of ether oxygens (including phenoxy) is 6. The van der Waals surface area contributed by atoms with Gasteiger partial charge in [0.05, 0.1) is 42.7 Å². The summed E-state index contributed by atoms with van der Waals surface area (Å²) < 4.78 is 35.7. The van der Waals surface area contributed by atoms with Crippen LogP contribution in [0.4, 0.5) is 0 Å². The number of benzene rings is 4. The van der Waals surface area contributed by atoms with E-state index in [1.807, 2.05) is 48.5 Å². The normalized spacial score (nSPS) is 21.9. The van der Waals surface area contributed by atoms with Crippen LogP contribution >= 0.6 is 0 Å². The third-order valence-corrected chi connectivity index (χ3v) is 11.0. The quantitative estimate of drug-likeness (QED) is 0.225. The molecular weight excluding hydrogens is 608 g/mol. The molecule has 0 aliphatic heterocycles. The first-order chi connectivity index (χ1) is 23.4. The van der Waals surface area contributed by atoms with E-state index in [4.69, 9.17) is 28.4 Å². The Kier molecular flexibility index (Phi) is 5.98. The maximum absolute atomic E-state index is 15.5. The van der Waals surface area contributed by atoms with Crippen molar-refractivity contribution >= 4 is 11.6 Å². The second-order valence-corrected chi connectivity index (χ2v) is 12.6. The standard InChI is InChI=1S/C40H32O8/c1-43-19-11-12-20(44-2)28-26-18-10-8-7-9-17(18)25(27(19)28)35-36(26)40(42)38-34-31-23(47-5)15-13-21(45-3)29(31)33(37(38)39(35)41)30-22(46-4)14-16-24(48-6)32(30)34/h7-16,25-26,33-34H,1-6H3/t25-,26+,33?,34?. The van der Waals surface area contributed by atoms with E-state index in [1.165, 1.54) is 0 Å². The van der Waals surface area contributed by atoms with E-state index in [9.17, 15) is 0 Å². The third kappa shape index (κ3) is 3.20. The summed E-state index contributed by atoms with van der Waals surface area (Å²) >= 11 is 0. The number of hydrogen-bond donors (Lipinski definition) is 0. The number of carbonyl (C=O) groups is 2. The van der Waals surface area contributed by atoms with E-state index >= 15 is 9.59 Å². The predicted octanol–water partition coefficient (Wildman–Crippen LogP) is 6.37. The first-order valence-corrected chi connectivity index (χ1v) is 15.9. The minimum absolute atomic E-state index is 0.152. The van der Waals surface area contributed by atoms with Crippen molar-refractivity contribution in [3.8, 4) is 34.5 Å². The maximum Gasteiger partial charge on any atom is 0.187 e. The molecule has 2 atom stereocenters. The maximum atomic E-state index is 15.5. The Labute approximate surface area is 277 Å². The lowest BCUT2D eigenvalue weighted by molar-refractivity contribution is -0.117. The fourth-order valence-electron chi connectivity index (χ4n) is 9.38. The molecule has 8 nitrogen and oxygen atoms in total. The van der Waals surface area contributed by atoms with Gasteiger partial charge in [-0.2, -0.15) is 0 Å². The molecule has 4 aromatic carbocycles. The molecule has 0 radical (unpaired) electrons. The zero-order valence-electron chi connectivity index (χ0n) is 27.3. The zero-order valence-corrected chi connectivity index (χ0v) is 27.3. The molecule has 0 N–H and O–H groups in total. The van der Waals surface area contributed by atoms with Gasteiger partial charge in [-0.1, -0.05) is 24.3 Å². The molecule has 0 unspecified atom stereocenters. The van der Waals surface area contributed by atoms with Crippen LogP contribution < -0.4 is 28.4 Å². The van der Waals surface area contributed by atoms with Gasteiger partial charge in [-0.25, -0.2) is 0 Å². The van der Waals surface area contributed by atoms with E-state index < -0.39 is 23.7 Å². The Balaban J connectivity index is 1.38. The van der Waals surface area contributed by atoms with Crippen LogP contribution in [0, 0.1) is 0 Å². The molecule has 7 aliphatic rings. The van der Waals surface area contributed by atoms with Gasteiger partial charge in [-0.3, -0.25) is 9.59 Å². The van der Waals surface area contributed by atoms with Gasteiger partial charge < -0.3 is 28.4 Å². The average molecular weight is 641 g/mol. The Morgan fingerprint density at radius 3 is 0.833 bits per heavy atom. The van der Waals surface area contributed by atoms with Gasteiger partial charge in [0, 0.05) is 79.3 Å². The van der Waals surface area contributed by atoms with E-state index in [1.54, 1.807) is 42.7 Å². The van der Waals surface area contributed by atoms with Gasteiger partial charge in [0.2, 0.25) is 0 Å². The van der Waals surface area contributed by atoms with Gasteiger partial charge in [-0.15, -0.1) is 0 Å². The molecule has 0 amide bonds. The number of rotatable bonds is 6. The summed E-state index contributed by atoms with van der Waals surface area (Å²) in [6, 6.07) is 19.3. The number of methoxy groups -OCH3 is 6. The SMILES string of the molecule is COc1ccc(OC)c2c1C1C3=C(C(=O)C4=C(C3=O)[C@@H]3c5ccccc5[C@H]4c4c(OC)ccc(OC)c43)C2c2c(OC)ccc(OC)c21. The minimum Gasteiger partial charge on any atom is -0.496 e. The summed E-state index contributed by atoms with van der Waals surface area (Å²) in [7, 11) is 9.73. The molecule has 0 spiro atoms. The largest absolute Gasteiger partial charge is 0.496 e. The number of carbonyl (C=O) groups excluding carboxylic acids is 2. The molecule has 0 saturated carbocycles. The molecule has 11 rings (SSSR count). The molecule has 0 saturated heterocycles. The lowest BCUT2D eigenvalue weighted by Crippen LogP contribution is -2.44. The van der Waals surface area contributed by atoms with Crippen LogP contribution in [0.1, 0.15) is 68.2 Å². The highest BCUT2D eigenvalue weighted by Crippen LogP contribution is 2.69. The number of hydrogen-bond acceptors (Lipinski definition) is 8. The number of ketones is 2. The van der Waals surface area contributed by atoms with Gasteiger partial charge in [-0.05, 0) is 47.5 Å². The molecule has 0 aromatic heterocycles. The van der Waals surface area contributed by atoms with E-state index in [-0.39, 0.29) is 11.6 Å². The molecule has 0 fully saturated rings. The van der Waals surface area contributed by atoms with Crippen molar-refractivity contribution in [3.63, 3.8) is 0 Å². The smallest absolute Gasteiger partial charge is 0.187 e. The fourth-order valence-corrected chi connectivity index (χ4v) is 9.38. The zero-order chi connectivity index (χ0) is 33.2. The second-order valence-electron chi connectivity index (χ2n) is 12.6. The first kappa shape index (κ1) is 28.7. The van der Waals surface area contributed by atoms with Gasteiger partial charge in [0.1, 0.15) is 34.5 Å². The highest BCUT2D eigenvalue weighted by Gasteiger charge is 2.59. The summed E-state index contributed by atoms with van der Waals surface area (Å²) in [5.74, 6) is 1.05. The topological polar surface area (TPSA) is 89.5 Å². The fraction of sp³-hybridized carbons (Fsp3) is 0.250. The molecule has 4 bridgehead atoms. The Morgan fingerprint density at radius 1 is 0.354 bits per heavy atom. The van der Waals surface area contributed by atoms with Crippen molar-refractivity contribution in [2.45, 2.75) is 23.7 Å². The van der Waals surface area contributed by atoms with Crippen molar-refractivity contribution in [2.24, 2.45) is 0 Å². The van der Waals surface area contributed by atoms with Crippen LogP contribution in [0.3, 0.4) is 0 Å². The summed E-state index contributed by atoms with van der Waals surface area (Å²) in [4.78, 5) is 31.1. The van der Waals surface area contributed by atoms with Crippen LogP contribution in [0.5, 0.6) is 34.5 Å². The Bertz CT molecular complexity index is 2010. The predicted molar refractivity (Wildman–Crippen MR) is 177 cm³/mol. The van der Waals surface area contributed by atoms with Crippen molar-refractivity contribution in [3.05, 3.63) is 127 Å². The summed E-state index contributed by atoms with van der Waals surface area (Å²) in [6.45, 7) is 0. The Morgan fingerprint density at radius 2 is 0.583 bits per heavy atom. The average Bonchev–Trinajstić information content (AvgIpc) is 3.14. The molecular formula is C40H32O8. The van der Waals surface area contributed by atoms with Gasteiger partial charge in [0.15, 0.2) is 11.6 Å². The number of allylic oxidation sites excluding steroid dienone is 4. The van der Waals surface area contributed by atoms with Crippen LogP contribution in [0.2, 0.25) is 0 Å². The van der Waals surface area contributed by atoms with E-state index in [0.29, 0.717) is 56.8 Å². The third-order valence-electron chi connectivity index (χ3n) is 11.0. The highest BCUT2D eigenvalue weighted by molar-refractivity contribution is 6.30. The molecule has 240 valence electrons. The lowest BCUT2D eigenvalue weighted by atomic mass is 9.51. The van der Waals surface area contributed by atoms with Crippen molar-refractivity contribution < 1.29 is 38.0 Å². The molecule has 48 heavy (non-hydrogen) atoms. The Hall–Kier alpha value is -5.50. The lowest BCUT2D eigenvalue weighted by Gasteiger charge is -2.50. The van der Waals surface area contributed by atoms with E-state index in [2.05, 4.69) is 12.1 Å². The van der Waals surface area contributed by atoms with Gasteiger partial charge >= 0.3 is 0 Å². The summed E-state index contributed by atoms with van der Waals surface area (Å²) in [5.41, 5.74) is 8.81. The van der Waals surface area contributed by atoms with Crippen LogP contribution in [-0.2, 0) is 9.59 Å². The molecule has 0 heterocycles. The van der Waals surface area contributed by atoms with Crippen LogP contribution in [0.25, 0.3) is 0 Å². The first-order valence-electron chi connectivity index (χ1n) is 15.9. The highest BCUT2D eigenvalue weighted by atomic mass is 16.5. The molecule has 4 aromatic rings. The monoisotopic (exact) mass is 640 g/mol. The van der Waals surface area contributed by atoms with Gasteiger partial charge in [0.25, 0.3) is 0 Å². The second kappa shape index (κ2) is 10.0. The van der Waals surface area contributed by atoms with Crippen LogP contribution in [-0.4, -0.2) is 54.2 Å². The van der Waals surface area contributed by atoms with Crippen molar-refractivity contribution in [1.82, 2.24) is 0 Å². The summed E-state index contributed by atoms with van der Waals surface area (Å²) in [6.07, 6.45) is 0. The van der Waals surface area contributed by atoms with Crippen molar-refractivity contribution in [2.75, 3.05) is 42.7 Å². The molecule has 7 aliphatic carbocycles. The summed E-state index contributed by atoms with van der Waals surface area (Å²) in [5, 5.41) is 0. The van der Waals surface area contributed by atoms with Crippen molar-refractivity contribution in [1.29, 1.82) is 0 Å². The number of Topliss-reactive ketones (excluding diaryl/α,β-unsaturated/α-hetero) is 2.